The molecule has 0 saturated heterocycles. The summed E-state index contributed by atoms with van der Waals surface area (Å²) in [5.41, 5.74) is -2.56. The van der Waals surface area contributed by atoms with Crippen molar-refractivity contribution >= 4 is 10.9 Å². The fraction of sp³-hybridized carbons (Fsp3) is 0.176. The SMILES string of the molecule is O=c1[nH]c2ccccc2c(=O)n1C[C@@H](O)c1ccccc1C(F)(F)F. The Bertz CT molecular complexity index is 1040. The lowest BCUT2D eigenvalue weighted by molar-refractivity contribution is -0.139. The molecule has 2 aromatic carbocycles. The Labute approximate surface area is 139 Å². The van der Waals surface area contributed by atoms with Crippen molar-refractivity contribution in [3.8, 4) is 0 Å². The van der Waals surface area contributed by atoms with Crippen LogP contribution in [0.2, 0.25) is 0 Å². The van der Waals surface area contributed by atoms with Crippen LogP contribution in [0.4, 0.5) is 13.2 Å². The summed E-state index contributed by atoms with van der Waals surface area (Å²) in [5, 5.41) is 10.4. The molecule has 1 aromatic heterocycles. The fourth-order valence-electron chi connectivity index (χ4n) is 2.68. The quantitative estimate of drug-likeness (QED) is 0.762. The molecule has 1 atom stereocenters. The smallest absolute Gasteiger partial charge is 0.387 e. The topological polar surface area (TPSA) is 75.1 Å². The van der Waals surface area contributed by atoms with Gasteiger partial charge in [0.25, 0.3) is 5.56 Å². The monoisotopic (exact) mass is 350 g/mol. The molecular formula is C17H13F3N2O3. The number of alkyl halides is 3. The number of fused-ring (bicyclic) bond motifs is 1. The van der Waals surface area contributed by atoms with Gasteiger partial charge in [-0.25, -0.2) is 4.79 Å². The van der Waals surface area contributed by atoms with Crippen LogP contribution in [-0.4, -0.2) is 14.7 Å². The molecule has 0 amide bonds. The number of aliphatic hydroxyl groups excluding tert-OH is 1. The van der Waals surface area contributed by atoms with Gasteiger partial charge in [0.1, 0.15) is 0 Å². The Balaban J connectivity index is 2.06. The number of H-pyrrole nitrogens is 1. The normalized spacial score (nSPS) is 13.1. The number of aromatic amines is 1. The van der Waals surface area contributed by atoms with Gasteiger partial charge in [0, 0.05) is 0 Å². The van der Waals surface area contributed by atoms with Crippen LogP contribution >= 0.6 is 0 Å². The molecule has 0 unspecified atom stereocenters. The lowest BCUT2D eigenvalue weighted by Gasteiger charge is -2.18. The molecule has 3 rings (SSSR count). The third kappa shape index (κ3) is 3.20. The summed E-state index contributed by atoms with van der Waals surface area (Å²) < 4.78 is 39.9. The molecule has 5 nitrogen and oxygen atoms in total. The van der Waals surface area contributed by atoms with Gasteiger partial charge in [-0.3, -0.25) is 9.36 Å². The van der Waals surface area contributed by atoms with Crippen LogP contribution in [0.15, 0.2) is 58.1 Å². The first kappa shape index (κ1) is 17.0. The van der Waals surface area contributed by atoms with Crippen molar-refractivity contribution < 1.29 is 18.3 Å². The lowest BCUT2D eigenvalue weighted by atomic mass is 10.0. The highest BCUT2D eigenvalue weighted by atomic mass is 19.4. The zero-order valence-corrected chi connectivity index (χ0v) is 12.7. The van der Waals surface area contributed by atoms with Crippen LogP contribution in [0.5, 0.6) is 0 Å². The van der Waals surface area contributed by atoms with E-state index < -0.39 is 41.2 Å². The van der Waals surface area contributed by atoms with Crippen LogP contribution in [0, 0.1) is 0 Å². The minimum Gasteiger partial charge on any atom is -0.387 e. The van der Waals surface area contributed by atoms with Gasteiger partial charge in [-0.1, -0.05) is 30.3 Å². The van der Waals surface area contributed by atoms with Crippen molar-refractivity contribution in [1.82, 2.24) is 9.55 Å². The zero-order valence-electron chi connectivity index (χ0n) is 12.7. The third-order valence-electron chi connectivity index (χ3n) is 3.87. The van der Waals surface area contributed by atoms with E-state index in [1.807, 2.05) is 0 Å². The minimum atomic E-state index is -4.65. The summed E-state index contributed by atoms with van der Waals surface area (Å²) in [7, 11) is 0. The van der Waals surface area contributed by atoms with Crippen molar-refractivity contribution in [2.24, 2.45) is 0 Å². The van der Waals surface area contributed by atoms with Gasteiger partial charge < -0.3 is 10.1 Å². The van der Waals surface area contributed by atoms with Gasteiger partial charge in [0.05, 0.1) is 29.1 Å². The van der Waals surface area contributed by atoms with E-state index in [0.29, 0.717) is 10.1 Å². The first-order valence-corrected chi connectivity index (χ1v) is 7.35. The number of halogens is 3. The van der Waals surface area contributed by atoms with E-state index in [4.69, 9.17) is 0 Å². The molecular weight excluding hydrogens is 337 g/mol. The Morgan fingerprint density at radius 2 is 1.68 bits per heavy atom. The molecule has 0 aliphatic heterocycles. The molecule has 25 heavy (non-hydrogen) atoms. The molecule has 8 heteroatoms. The van der Waals surface area contributed by atoms with E-state index in [2.05, 4.69) is 4.98 Å². The summed E-state index contributed by atoms with van der Waals surface area (Å²) >= 11 is 0. The largest absolute Gasteiger partial charge is 0.416 e. The second kappa shape index (κ2) is 6.21. The van der Waals surface area contributed by atoms with Crippen LogP contribution in [-0.2, 0) is 12.7 Å². The van der Waals surface area contributed by atoms with Crippen LogP contribution in [0.3, 0.4) is 0 Å². The molecule has 0 fully saturated rings. The standard InChI is InChI=1S/C17H13F3N2O3/c18-17(19,20)12-7-3-1-5-10(12)14(23)9-22-15(24)11-6-2-4-8-13(11)21-16(22)25/h1-8,14,23H,9H2,(H,21,25)/t14-/m1/s1. The molecule has 0 saturated carbocycles. The Morgan fingerprint density at radius 1 is 1.04 bits per heavy atom. The van der Waals surface area contributed by atoms with E-state index in [-0.39, 0.29) is 5.39 Å². The molecule has 0 aliphatic carbocycles. The lowest BCUT2D eigenvalue weighted by Crippen LogP contribution is -2.37. The predicted octanol–water partition coefficient (Wildman–Crippen LogP) is 2.44. The number of nitrogens with one attached hydrogen (secondary N) is 1. The van der Waals surface area contributed by atoms with E-state index in [0.717, 1.165) is 12.1 Å². The molecule has 2 N–H and O–H groups in total. The van der Waals surface area contributed by atoms with Gasteiger partial charge in [0.15, 0.2) is 0 Å². The van der Waals surface area contributed by atoms with Crippen molar-refractivity contribution in [2.45, 2.75) is 18.8 Å². The van der Waals surface area contributed by atoms with E-state index in [9.17, 15) is 27.9 Å². The van der Waals surface area contributed by atoms with Gasteiger partial charge in [-0.15, -0.1) is 0 Å². The number of benzene rings is 2. The second-order valence-electron chi connectivity index (χ2n) is 5.49. The first-order valence-electron chi connectivity index (χ1n) is 7.35. The summed E-state index contributed by atoms with van der Waals surface area (Å²) in [6.45, 7) is -0.591. The predicted molar refractivity (Wildman–Crippen MR) is 85.2 cm³/mol. The van der Waals surface area contributed by atoms with Gasteiger partial charge >= 0.3 is 11.9 Å². The van der Waals surface area contributed by atoms with E-state index >= 15 is 0 Å². The number of rotatable bonds is 3. The zero-order chi connectivity index (χ0) is 18.2. The number of aliphatic hydroxyl groups is 1. The van der Waals surface area contributed by atoms with Crippen LogP contribution in [0.25, 0.3) is 10.9 Å². The molecule has 3 aromatic rings. The van der Waals surface area contributed by atoms with Crippen molar-refractivity contribution in [2.75, 3.05) is 0 Å². The van der Waals surface area contributed by atoms with Gasteiger partial charge in [-0.2, -0.15) is 13.2 Å². The number of hydrogen-bond acceptors (Lipinski definition) is 3. The van der Waals surface area contributed by atoms with Gasteiger partial charge in [-0.05, 0) is 23.8 Å². The summed E-state index contributed by atoms with van der Waals surface area (Å²) in [5.74, 6) is 0. The van der Waals surface area contributed by atoms with Crippen LogP contribution in [0.1, 0.15) is 17.2 Å². The maximum absolute atomic E-state index is 13.1. The number of para-hydroxylation sites is 1. The van der Waals surface area contributed by atoms with Crippen LogP contribution < -0.4 is 11.2 Å². The average Bonchev–Trinajstić information content (AvgIpc) is 2.57. The molecule has 0 bridgehead atoms. The maximum atomic E-state index is 13.1. The summed E-state index contributed by atoms with van der Waals surface area (Å²) in [6.07, 6.45) is -6.32. The molecule has 1 heterocycles. The molecule has 0 radical (unpaired) electrons. The second-order valence-corrected chi connectivity index (χ2v) is 5.49. The van der Waals surface area contributed by atoms with E-state index in [1.54, 1.807) is 12.1 Å². The Morgan fingerprint density at radius 3 is 2.40 bits per heavy atom. The van der Waals surface area contributed by atoms with Crippen molar-refractivity contribution in [3.05, 3.63) is 80.5 Å². The number of hydrogen-bond donors (Lipinski definition) is 2. The first-order chi connectivity index (χ1) is 11.8. The van der Waals surface area contributed by atoms with Crippen molar-refractivity contribution in [1.29, 1.82) is 0 Å². The highest BCUT2D eigenvalue weighted by Gasteiger charge is 2.34. The Hall–Kier alpha value is -2.87. The van der Waals surface area contributed by atoms with Gasteiger partial charge in [0.2, 0.25) is 0 Å². The maximum Gasteiger partial charge on any atom is 0.416 e. The summed E-state index contributed by atoms with van der Waals surface area (Å²) in [4.78, 5) is 27.0. The fourth-order valence-corrected chi connectivity index (χ4v) is 2.68. The average molecular weight is 350 g/mol. The molecule has 130 valence electrons. The molecule has 0 spiro atoms. The third-order valence-corrected chi connectivity index (χ3v) is 3.87. The summed E-state index contributed by atoms with van der Waals surface area (Å²) in [6, 6.07) is 10.8. The van der Waals surface area contributed by atoms with Crippen molar-refractivity contribution in [3.63, 3.8) is 0 Å². The number of nitrogens with zero attached hydrogens (tertiary/aromatic N) is 1. The number of aromatic nitrogens is 2. The minimum absolute atomic E-state index is 0.207. The molecule has 0 aliphatic rings. The Kier molecular flexibility index (Phi) is 4.22. The highest BCUT2D eigenvalue weighted by molar-refractivity contribution is 5.76. The van der Waals surface area contributed by atoms with E-state index in [1.165, 1.54) is 24.3 Å². The highest BCUT2D eigenvalue weighted by Crippen LogP contribution is 2.34.